The van der Waals surface area contributed by atoms with Crippen LogP contribution in [0.3, 0.4) is 0 Å². The summed E-state index contributed by atoms with van der Waals surface area (Å²) in [6, 6.07) is 11.9. The maximum absolute atomic E-state index is 11.5. The van der Waals surface area contributed by atoms with Crippen LogP contribution in [0.1, 0.15) is 22.7 Å². The van der Waals surface area contributed by atoms with Crippen LogP contribution in [0.4, 0.5) is 5.69 Å². The van der Waals surface area contributed by atoms with Crippen molar-refractivity contribution in [3.05, 3.63) is 62.6 Å². The molecule has 3 nitrogen and oxygen atoms in total. The zero-order valence-electron chi connectivity index (χ0n) is 11.4. The largest absolute Gasteiger partial charge is 0.326 e. The van der Waals surface area contributed by atoms with Crippen molar-refractivity contribution in [2.24, 2.45) is 0 Å². The van der Waals surface area contributed by atoms with Crippen molar-refractivity contribution in [2.75, 3.05) is 12.4 Å². The lowest BCUT2D eigenvalue weighted by molar-refractivity contribution is -0.115. The molecule has 108 valence electrons. The second kappa shape index (κ2) is 5.79. The number of hydrogen-bond donors (Lipinski definition) is 2. The Labute approximate surface area is 136 Å². The molecule has 0 aliphatic carbocycles. The fourth-order valence-corrected chi connectivity index (χ4v) is 3.45. The lowest BCUT2D eigenvalue weighted by Crippen LogP contribution is -2.18. The molecule has 1 aliphatic rings. The van der Waals surface area contributed by atoms with E-state index in [1.807, 2.05) is 37.4 Å². The van der Waals surface area contributed by atoms with E-state index in [-0.39, 0.29) is 11.9 Å². The maximum atomic E-state index is 11.5. The van der Waals surface area contributed by atoms with Gasteiger partial charge in [-0.3, -0.25) is 4.79 Å². The quantitative estimate of drug-likeness (QED) is 0.866. The van der Waals surface area contributed by atoms with Crippen molar-refractivity contribution in [3.63, 3.8) is 0 Å². The number of benzene rings is 2. The highest BCUT2D eigenvalue weighted by Gasteiger charge is 2.21. The summed E-state index contributed by atoms with van der Waals surface area (Å²) in [5, 5.41) is 6.85. The van der Waals surface area contributed by atoms with E-state index in [2.05, 4.69) is 32.6 Å². The molecule has 2 N–H and O–H groups in total. The van der Waals surface area contributed by atoms with Gasteiger partial charge in [0.1, 0.15) is 0 Å². The second-order valence-corrected chi connectivity index (χ2v) is 6.35. The third-order valence-corrected chi connectivity index (χ3v) is 4.47. The number of carbonyl (C=O) groups is 1. The Morgan fingerprint density at radius 3 is 2.81 bits per heavy atom. The van der Waals surface area contributed by atoms with Gasteiger partial charge in [-0.25, -0.2) is 0 Å². The van der Waals surface area contributed by atoms with E-state index in [9.17, 15) is 4.79 Å². The second-order valence-electron chi connectivity index (χ2n) is 5.03. The monoisotopic (exact) mass is 364 g/mol. The maximum Gasteiger partial charge on any atom is 0.228 e. The van der Waals surface area contributed by atoms with Crippen molar-refractivity contribution in [3.8, 4) is 0 Å². The predicted octanol–water partition coefficient (Wildman–Crippen LogP) is 3.91. The Morgan fingerprint density at radius 2 is 2.10 bits per heavy atom. The van der Waals surface area contributed by atoms with E-state index in [0.717, 1.165) is 26.9 Å². The van der Waals surface area contributed by atoms with Crippen molar-refractivity contribution in [1.29, 1.82) is 0 Å². The first-order chi connectivity index (χ1) is 10.1. The number of hydrogen-bond acceptors (Lipinski definition) is 2. The first-order valence-electron chi connectivity index (χ1n) is 6.63. The molecule has 1 atom stereocenters. The average Bonchev–Trinajstić information content (AvgIpc) is 2.81. The average molecular weight is 366 g/mol. The Kier molecular flexibility index (Phi) is 4.02. The first-order valence-corrected chi connectivity index (χ1v) is 7.80. The summed E-state index contributed by atoms with van der Waals surface area (Å²) in [5.74, 6) is 0.0461. The van der Waals surface area contributed by atoms with E-state index in [0.29, 0.717) is 11.4 Å². The van der Waals surface area contributed by atoms with Gasteiger partial charge in [-0.2, -0.15) is 0 Å². The molecule has 21 heavy (non-hydrogen) atoms. The predicted molar refractivity (Wildman–Crippen MR) is 88.8 cm³/mol. The van der Waals surface area contributed by atoms with Crippen molar-refractivity contribution in [1.82, 2.24) is 5.32 Å². The summed E-state index contributed by atoms with van der Waals surface area (Å²) in [6.07, 6.45) is 0.438. The third-order valence-electron chi connectivity index (χ3n) is 3.65. The smallest absolute Gasteiger partial charge is 0.228 e. The normalized spacial score (nSPS) is 14.7. The highest BCUT2D eigenvalue weighted by Crippen LogP contribution is 2.33. The summed E-state index contributed by atoms with van der Waals surface area (Å²) >= 11 is 9.78. The highest BCUT2D eigenvalue weighted by atomic mass is 79.9. The van der Waals surface area contributed by atoms with Crippen LogP contribution < -0.4 is 10.6 Å². The van der Waals surface area contributed by atoms with Gasteiger partial charge in [0.2, 0.25) is 5.91 Å². The number of anilines is 1. The molecule has 5 heteroatoms. The minimum absolute atomic E-state index is 0.00778. The molecule has 0 saturated heterocycles. The number of halogens is 2. The molecule has 3 rings (SSSR count). The number of carbonyl (C=O) groups excluding carboxylic acids is 1. The summed E-state index contributed by atoms with van der Waals surface area (Å²) in [6.45, 7) is 0. The Bertz CT molecular complexity index is 717. The molecule has 1 heterocycles. The SMILES string of the molecule is CNC(c1ccc2c(c1)CC(=O)N2)c1ccc(Br)cc1Cl. The van der Waals surface area contributed by atoms with Gasteiger partial charge in [0.25, 0.3) is 0 Å². The van der Waals surface area contributed by atoms with Crippen LogP contribution in [0, 0.1) is 0 Å². The van der Waals surface area contributed by atoms with E-state index >= 15 is 0 Å². The lowest BCUT2D eigenvalue weighted by Gasteiger charge is -2.19. The van der Waals surface area contributed by atoms with Crippen LogP contribution in [0.25, 0.3) is 0 Å². The number of fused-ring (bicyclic) bond motifs is 1. The zero-order chi connectivity index (χ0) is 15.0. The van der Waals surface area contributed by atoms with Crippen LogP contribution in [-0.4, -0.2) is 13.0 Å². The molecule has 2 aromatic carbocycles. The topological polar surface area (TPSA) is 41.1 Å². The van der Waals surface area contributed by atoms with E-state index in [1.54, 1.807) is 0 Å². The molecule has 0 spiro atoms. The Balaban J connectivity index is 2.01. The fourth-order valence-electron chi connectivity index (χ4n) is 2.67. The van der Waals surface area contributed by atoms with Gasteiger partial charge in [-0.15, -0.1) is 0 Å². The Morgan fingerprint density at radius 1 is 1.29 bits per heavy atom. The molecule has 0 fully saturated rings. The van der Waals surface area contributed by atoms with Gasteiger partial charge < -0.3 is 10.6 Å². The van der Waals surface area contributed by atoms with Crippen LogP contribution in [0.2, 0.25) is 5.02 Å². The summed E-state index contributed by atoms with van der Waals surface area (Å²) in [4.78, 5) is 11.5. The molecular formula is C16H14BrClN2O. The third kappa shape index (κ3) is 2.84. The van der Waals surface area contributed by atoms with Gasteiger partial charge in [0.05, 0.1) is 12.5 Å². The van der Waals surface area contributed by atoms with Gasteiger partial charge >= 0.3 is 0 Å². The molecule has 2 aromatic rings. The number of nitrogens with one attached hydrogen (secondary N) is 2. The minimum atomic E-state index is -0.00778. The molecular weight excluding hydrogens is 352 g/mol. The summed E-state index contributed by atoms with van der Waals surface area (Å²) in [5.41, 5.74) is 4.04. The first kappa shape index (κ1) is 14.6. The molecule has 0 aromatic heterocycles. The van der Waals surface area contributed by atoms with E-state index < -0.39 is 0 Å². The van der Waals surface area contributed by atoms with Crippen molar-refractivity contribution >= 4 is 39.1 Å². The van der Waals surface area contributed by atoms with Gasteiger partial charge in [-0.05, 0) is 41.9 Å². The highest BCUT2D eigenvalue weighted by molar-refractivity contribution is 9.10. The summed E-state index contributed by atoms with van der Waals surface area (Å²) in [7, 11) is 1.90. The van der Waals surface area contributed by atoms with Crippen LogP contribution in [0.5, 0.6) is 0 Å². The minimum Gasteiger partial charge on any atom is -0.326 e. The number of amides is 1. The molecule has 0 bridgehead atoms. The van der Waals surface area contributed by atoms with E-state index in [1.165, 1.54) is 0 Å². The standard InChI is InChI=1S/C16H14BrClN2O/c1-19-16(12-4-3-11(17)8-13(12)18)9-2-5-14-10(6-9)7-15(21)20-14/h2-6,8,16,19H,7H2,1H3,(H,20,21). The molecule has 0 saturated carbocycles. The fraction of sp³-hybridized carbons (Fsp3) is 0.188. The molecule has 1 unspecified atom stereocenters. The molecule has 0 radical (unpaired) electrons. The van der Waals surface area contributed by atoms with Gasteiger partial charge in [-0.1, -0.05) is 45.7 Å². The van der Waals surface area contributed by atoms with Crippen LogP contribution in [0.15, 0.2) is 40.9 Å². The van der Waals surface area contributed by atoms with E-state index in [4.69, 9.17) is 11.6 Å². The zero-order valence-corrected chi connectivity index (χ0v) is 13.8. The molecule has 1 aliphatic heterocycles. The van der Waals surface area contributed by atoms with Crippen molar-refractivity contribution < 1.29 is 4.79 Å². The van der Waals surface area contributed by atoms with Crippen LogP contribution >= 0.6 is 27.5 Å². The summed E-state index contributed by atoms with van der Waals surface area (Å²) < 4.78 is 0.954. The van der Waals surface area contributed by atoms with Crippen LogP contribution in [-0.2, 0) is 11.2 Å². The van der Waals surface area contributed by atoms with Crippen molar-refractivity contribution in [2.45, 2.75) is 12.5 Å². The number of rotatable bonds is 3. The Hall–Kier alpha value is -1.36. The van der Waals surface area contributed by atoms with Gasteiger partial charge in [0.15, 0.2) is 0 Å². The lowest BCUT2D eigenvalue weighted by atomic mass is 9.96. The molecule has 1 amide bonds. The van der Waals surface area contributed by atoms with Gasteiger partial charge in [0, 0.05) is 15.2 Å².